The largest absolute Gasteiger partial charge is 0.476 e. The molecule has 10 heteroatoms. The molecule has 0 aliphatic carbocycles. The molecule has 1 aromatic heterocycles. The second kappa shape index (κ2) is 12.3. The Morgan fingerprint density at radius 1 is 1.12 bits per heavy atom. The number of likely N-dealkylation sites (N-methyl/N-ethyl adjacent to an activating group) is 2. The number of nitriles is 1. The van der Waals surface area contributed by atoms with Gasteiger partial charge in [0.1, 0.15) is 6.61 Å². The first-order valence-corrected chi connectivity index (χ1v) is 15.4. The zero-order valence-electron chi connectivity index (χ0n) is 25.3. The second-order valence-electron chi connectivity index (χ2n) is 12.1. The highest BCUT2D eigenvalue weighted by Crippen LogP contribution is 2.37. The predicted octanol–water partition coefficient (Wildman–Crippen LogP) is 2.86. The number of anilines is 2. The fraction of sp³-hybridized carbons (Fsp3) is 0.515. The summed E-state index contributed by atoms with van der Waals surface area (Å²) in [7, 11) is 4.01. The Balaban J connectivity index is 1.33. The summed E-state index contributed by atoms with van der Waals surface area (Å²) < 4.78 is 6.38. The van der Waals surface area contributed by atoms with Gasteiger partial charge in [0.05, 0.1) is 42.0 Å². The fourth-order valence-corrected chi connectivity index (χ4v) is 7.08. The van der Waals surface area contributed by atoms with Crippen LogP contribution in [0.3, 0.4) is 0 Å². The summed E-state index contributed by atoms with van der Waals surface area (Å²) in [6.45, 7) is 9.13. The third-order valence-corrected chi connectivity index (χ3v) is 9.58. The van der Waals surface area contributed by atoms with Crippen molar-refractivity contribution in [1.29, 1.82) is 5.26 Å². The van der Waals surface area contributed by atoms with Crippen LogP contribution in [0, 0.1) is 11.3 Å². The van der Waals surface area contributed by atoms with Crippen LogP contribution in [0.15, 0.2) is 36.9 Å². The summed E-state index contributed by atoms with van der Waals surface area (Å²) in [6.07, 6.45) is 5.50. The second-order valence-corrected chi connectivity index (χ2v) is 12.1. The number of piperazine rings is 1. The van der Waals surface area contributed by atoms with Gasteiger partial charge >= 0.3 is 0 Å². The Morgan fingerprint density at radius 3 is 2.74 bits per heavy atom. The van der Waals surface area contributed by atoms with E-state index in [4.69, 9.17) is 9.72 Å². The number of hydrogen-bond acceptors (Lipinski definition) is 8. The van der Waals surface area contributed by atoms with Crippen molar-refractivity contribution >= 4 is 23.2 Å². The Labute approximate surface area is 254 Å². The molecule has 2 atom stereocenters. The predicted molar refractivity (Wildman–Crippen MR) is 165 cm³/mol. The van der Waals surface area contributed by atoms with Crippen LogP contribution in [0.4, 0.5) is 11.4 Å². The van der Waals surface area contributed by atoms with E-state index in [0.717, 1.165) is 67.1 Å². The SMILES string of the molecule is C=CC(=O)N1CCN(c2cc(OC[C@@H]3CCCN3C)nc3c2CCN(c2cccc4c2C(=O)N(C)CC4)C3)C[C@@H]1CC#N. The van der Waals surface area contributed by atoms with E-state index >= 15 is 0 Å². The molecule has 2 saturated heterocycles. The first-order valence-electron chi connectivity index (χ1n) is 15.4. The van der Waals surface area contributed by atoms with E-state index in [9.17, 15) is 14.9 Å². The number of rotatable bonds is 7. The molecule has 0 spiro atoms. The van der Waals surface area contributed by atoms with Crippen molar-refractivity contribution in [2.24, 2.45) is 0 Å². The van der Waals surface area contributed by atoms with Gasteiger partial charge in [-0.2, -0.15) is 5.26 Å². The Morgan fingerprint density at radius 2 is 1.98 bits per heavy atom. The van der Waals surface area contributed by atoms with Crippen molar-refractivity contribution in [3.63, 3.8) is 0 Å². The number of pyridine rings is 1. The summed E-state index contributed by atoms with van der Waals surface area (Å²) >= 11 is 0. The molecule has 226 valence electrons. The van der Waals surface area contributed by atoms with Crippen LogP contribution in [-0.2, 0) is 24.2 Å². The summed E-state index contributed by atoms with van der Waals surface area (Å²) in [4.78, 5) is 41.3. The quantitative estimate of drug-likeness (QED) is 0.460. The standard InChI is InChI=1S/C33H41N7O3/c1-4-31(41)40-18-17-39(20-24(40)10-13-34)29-19-30(43-22-25-8-6-14-36(25)2)35-27-21-38(16-12-26(27)29)28-9-5-7-23-11-15-37(3)33(42)32(23)28/h4-5,7,9,19,24-25H,1,6,8,10-12,14-18,20-22H2,2-3H3/t24-,25-/m0/s1. The third kappa shape index (κ3) is 5.66. The zero-order chi connectivity index (χ0) is 30.1. The lowest BCUT2D eigenvalue weighted by Gasteiger charge is -2.43. The van der Waals surface area contributed by atoms with Gasteiger partial charge in [0.15, 0.2) is 0 Å². The van der Waals surface area contributed by atoms with E-state index in [1.54, 1.807) is 9.80 Å². The van der Waals surface area contributed by atoms with E-state index in [1.807, 2.05) is 7.05 Å². The summed E-state index contributed by atoms with van der Waals surface area (Å²) in [5, 5.41) is 9.54. The minimum Gasteiger partial charge on any atom is -0.476 e. The lowest BCUT2D eigenvalue weighted by molar-refractivity contribution is -0.128. The maximum Gasteiger partial charge on any atom is 0.255 e. The van der Waals surface area contributed by atoms with Crippen molar-refractivity contribution in [1.82, 2.24) is 19.7 Å². The van der Waals surface area contributed by atoms with Crippen LogP contribution >= 0.6 is 0 Å². The van der Waals surface area contributed by atoms with Gasteiger partial charge in [-0.1, -0.05) is 18.7 Å². The number of carbonyl (C=O) groups excluding carboxylic acids is 2. The maximum atomic E-state index is 13.3. The fourth-order valence-electron chi connectivity index (χ4n) is 7.08. The van der Waals surface area contributed by atoms with Crippen molar-refractivity contribution in [3.05, 3.63) is 59.3 Å². The molecule has 0 unspecified atom stereocenters. The normalized spacial score (nSPS) is 22.2. The number of nitrogens with zero attached hydrogens (tertiary/aromatic N) is 7. The number of likely N-dealkylation sites (tertiary alicyclic amines) is 1. The molecule has 4 aliphatic heterocycles. The summed E-state index contributed by atoms with van der Waals surface area (Å²) in [5.41, 5.74) is 6.07. The molecule has 5 heterocycles. The highest BCUT2D eigenvalue weighted by molar-refractivity contribution is 6.02. The average molecular weight is 584 g/mol. The van der Waals surface area contributed by atoms with Gasteiger partial charge in [-0.05, 0) is 57.0 Å². The highest BCUT2D eigenvalue weighted by Gasteiger charge is 2.34. The number of hydrogen-bond donors (Lipinski definition) is 0. The zero-order valence-corrected chi connectivity index (χ0v) is 25.3. The molecule has 2 fully saturated rings. The van der Waals surface area contributed by atoms with Crippen LogP contribution in [0.1, 0.15) is 46.4 Å². The van der Waals surface area contributed by atoms with Crippen LogP contribution in [0.2, 0.25) is 0 Å². The molecule has 0 saturated carbocycles. The number of fused-ring (bicyclic) bond motifs is 2. The molecule has 0 radical (unpaired) electrons. The lowest BCUT2D eigenvalue weighted by atomic mass is 9.95. The highest BCUT2D eigenvalue weighted by atomic mass is 16.5. The minimum atomic E-state index is -0.219. The van der Waals surface area contributed by atoms with E-state index < -0.39 is 0 Å². The molecule has 4 aliphatic rings. The summed E-state index contributed by atoms with van der Waals surface area (Å²) in [6, 6.07) is 10.6. The van der Waals surface area contributed by atoms with Crippen LogP contribution in [0.25, 0.3) is 0 Å². The maximum absolute atomic E-state index is 13.3. The van der Waals surface area contributed by atoms with Crippen molar-refractivity contribution in [3.8, 4) is 11.9 Å². The van der Waals surface area contributed by atoms with Gasteiger partial charge in [0, 0.05) is 63.1 Å². The van der Waals surface area contributed by atoms with Gasteiger partial charge < -0.3 is 29.2 Å². The summed E-state index contributed by atoms with van der Waals surface area (Å²) in [5.74, 6) is 0.538. The molecule has 0 N–H and O–H groups in total. The molecule has 10 nitrogen and oxygen atoms in total. The van der Waals surface area contributed by atoms with Crippen LogP contribution in [-0.4, -0.2) is 104 Å². The van der Waals surface area contributed by atoms with Crippen molar-refractivity contribution in [2.45, 2.75) is 50.7 Å². The number of aromatic nitrogens is 1. The minimum absolute atomic E-state index is 0.0736. The first kappa shape index (κ1) is 29.0. The number of carbonyl (C=O) groups is 2. The Hall–Kier alpha value is -4.10. The molecule has 0 bridgehead atoms. The van der Waals surface area contributed by atoms with Crippen molar-refractivity contribution < 1.29 is 14.3 Å². The Bertz CT molecular complexity index is 1450. The van der Waals surface area contributed by atoms with E-state index in [2.05, 4.69) is 58.7 Å². The van der Waals surface area contributed by atoms with E-state index in [-0.39, 0.29) is 24.3 Å². The molecule has 2 aromatic rings. The van der Waals surface area contributed by atoms with Gasteiger partial charge in [-0.15, -0.1) is 0 Å². The molecular weight excluding hydrogens is 542 g/mol. The topological polar surface area (TPSA) is 96.2 Å². The van der Waals surface area contributed by atoms with Gasteiger partial charge in [-0.25, -0.2) is 4.98 Å². The van der Waals surface area contributed by atoms with Gasteiger partial charge in [-0.3, -0.25) is 9.59 Å². The number of amides is 2. The number of ether oxygens (including phenoxy) is 1. The first-order chi connectivity index (χ1) is 20.9. The monoisotopic (exact) mass is 583 g/mol. The molecular formula is C33H41N7O3. The van der Waals surface area contributed by atoms with Gasteiger partial charge in [0.25, 0.3) is 5.91 Å². The van der Waals surface area contributed by atoms with Crippen LogP contribution < -0.4 is 14.5 Å². The molecule has 43 heavy (non-hydrogen) atoms. The number of benzene rings is 1. The van der Waals surface area contributed by atoms with Gasteiger partial charge in [0.2, 0.25) is 11.8 Å². The average Bonchev–Trinajstić information content (AvgIpc) is 3.44. The Kier molecular flexibility index (Phi) is 8.26. The molecule has 6 rings (SSSR count). The third-order valence-electron chi connectivity index (χ3n) is 9.58. The van der Waals surface area contributed by atoms with E-state index in [0.29, 0.717) is 44.7 Å². The van der Waals surface area contributed by atoms with E-state index in [1.165, 1.54) is 18.1 Å². The molecule has 2 amide bonds. The molecule has 1 aromatic carbocycles. The lowest BCUT2D eigenvalue weighted by Crippen LogP contribution is -2.55. The van der Waals surface area contributed by atoms with Crippen LogP contribution in [0.5, 0.6) is 5.88 Å². The smallest absolute Gasteiger partial charge is 0.255 e. The van der Waals surface area contributed by atoms with Crippen molar-refractivity contribution in [2.75, 3.05) is 69.8 Å².